The van der Waals surface area contributed by atoms with E-state index in [1.807, 2.05) is 0 Å². The van der Waals surface area contributed by atoms with Gasteiger partial charge in [0.15, 0.2) is 0 Å². The Morgan fingerprint density at radius 3 is 2.33 bits per heavy atom. The van der Waals surface area contributed by atoms with Crippen LogP contribution in [-0.4, -0.2) is 42.2 Å². The molecule has 70 valence electrons. The molecule has 1 N–H and O–H groups in total. The monoisotopic (exact) mass is 177 g/mol. The van der Waals surface area contributed by atoms with Crippen LogP contribution in [0, 0.1) is 5.41 Å². The molecule has 0 bridgehead atoms. The first-order chi connectivity index (χ1) is 5.55. The summed E-state index contributed by atoms with van der Waals surface area (Å²) < 4.78 is 25.2. The molecule has 1 saturated heterocycles. The second kappa shape index (κ2) is 2.39. The Hall–Kier alpha value is -0.220. The summed E-state index contributed by atoms with van der Waals surface area (Å²) in [5, 5.41) is 8.33. The van der Waals surface area contributed by atoms with Gasteiger partial charge in [0.2, 0.25) is 0 Å². The van der Waals surface area contributed by atoms with Gasteiger partial charge in [0, 0.05) is 13.1 Å². The summed E-state index contributed by atoms with van der Waals surface area (Å²) in [6, 6.07) is 0. The summed E-state index contributed by atoms with van der Waals surface area (Å²) in [4.78, 5) is 1.73. The van der Waals surface area contributed by atoms with Gasteiger partial charge in [-0.3, -0.25) is 4.90 Å². The fourth-order valence-electron chi connectivity index (χ4n) is 1.88. The Morgan fingerprint density at radius 2 is 1.92 bits per heavy atom. The summed E-state index contributed by atoms with van der Waals surface area (Å²) in [7, 11) is 0. The molecule has 2 aliphatic rings. The van der Waals surface area contributed by atoms with Crippen LogP contribution in [0.4, 0.5) is 8.78 Å². The van der Waals surface area contributed by atoms with Crippen LogP contribution in [-0.2, 0) is 0 Å². The van der Waals surface area contributed by atoms with Gasteiger partial charge < -0.3 is 5.11 Å². The van der Waals surface area contributed by atoms with E-state index in [0.717, 1.165) is 13.1 Å². The van der Waals surface area contributed by atoms with Crippen molar-refractivity contribution < 1.29 is 13.9 Å². The first-order valence-corrected chi connectivity index (χ1v) is 4.26. The minimum Gasteiger partial charge on any atom is -0.390 e. The van der Waals surface area contributed by atoms with E-state index in [4.69, 9.17) is 5.11 Å². The summed E-state index contributed by atoms with van der Waals surface area (Å²) >= 11 is 0. The predicted octanol–water partition coefficient (Wildman–Crippen LogP) is 0.710. The first kappa shape index (κ1) is 8.38. The Balaban J connectivity index is 1.75. The number of aliphatic hydroxyl groups is 1. The lowest BCUT2D eigenvalue weighted by atomic mass is 9.96. The van der Waals surface area contributed by atoms with Crippen molar-refractivity contribution in [2.45, 2.75) is 18.8 Å². The van der Waals surface area contributed by atoms with E-state index < -0.39 is 12.5 Å². The van der Waals surface area contributed by atoms with Crippen LogP contribution < -0.4 is 0 Å². The van der Waals surface area contributed by atoms with Crippen LogP contribution in [0.5, 0.6) is 0 Å². The average molecular weight is 177 g/mol. The van der Waals surface area contributed by atoms with Crippen molar-refractivity contribution in [3.63, 3.8) is 0 Å². The third-order valence-electron chi connectivity index (χ3n) is 2.76. The lowest BCUT2D eigenvalue weighted by Gasteiger charge is -2.41. The van der Waals surface area contributed by atoms with E-state index in [0.29, 0.717) is 5.41 Å². The van der Waals surface area contributed by atoms with Crippen LogP contribution in [0.15, 0.2) is 0 Å². The van der Waals surface area contributed by atoms with Crippen molar-refractivity contribution in [3.05, 3.63) is 0 Å². The molecule has 2 nitrogen and oxygen atoms in total. The smallest absolute Gasteiger partial charge is 0.283 e. The highest BCUT2D eigenvalue weighted by Crippen LogP contribution is 2.53. The fourth-order valence-corrected chi connectivity index (χ4v) is 1.88. The van der Waals surface area contributed by atoms with E-state index in [1.165, 1.54) is 12.8 Å². The van der Waals surface area contributed by atoms with E-state index in [-0.39, 0.29) is 6.54 Å². The third-order valence-corrected chi connectivity index (χ3v) is 2.76. The van der Waals surface area contributed by atoms with Crippen LogP contribution in [0.3, 0.4) is 0 Å². The molecular weight excluding hydrogens is 164 g/mol. The Bertz CT molecular complexity index is 183. The second-order valence-corrected chi connectivity index (χ2v) is 4.16. The number of likely N-dealkylation sites (tertiary alicyclic amines) is 1. The molecule has 0 amide bonds. The lowest BCUT2D eigenvalue weighted by Crippen LogP contribution is -2.53. The molecule has 1 saturated carbocycles. The van der Waals surface area contributed by atoms with Gasteiger partial charge in [0.1, 0.15) is 6.61 Å². The Kier molecular flexibility index (Phi) is 1.67. The van der Waals surface area contributed by atoms with Crippen LogP contribution in [0.2, 0.25) is 0 Å². The summed E-state index contributed by atoms with van der Waals surface area (Å²) in [6.07, 6.45) is 2.41. The van der Waals surface area contributed by atoms with Gasteiger partial charge in [-0.05, 0) is 18.3 Å². The standard InChI is InChI=1S/C8H13F2NO/c9-8(10,6-12)5-11-3-7(4-11)1-2-7/h12H,1-6H2. The normalized spacial score (nSPS) is 27.2. The number of alkyl halides is 2. The van der Waals surface area contributed by atoms with Gasteiger partial charge >= 0.3 is 0 Å². The SMILES string of the molecule is OCC(F)(F)CN1CC2(CC2)C1. The third kappa shape index (κ3) is 1.45. The van der Waals surface area contributed by atoms with Crippen molar-refractivity contribution in [2.24, 2.45) is 5.41 Å². The summed E-state index contributed by atoms with van der Waals surface area (Å²) in [5.74, 6) is -2.91. The van der Waals surface area contributed by atoms with Gasteiger partial charge in [-0.25, -0.2) is 8.78 Å². The Morgan fingerprint density at radius 1 is 1.33 bits per heavy atom. The summed E-state index contributed by atoms with van der Waals surface area (Å²) in [5.41, 5.74) is 0.422. The molecule has 0 unspecified atom stereocenters. The number of hydrogen-bond donors (Lipinski definition) is 1. The second-order valence-electron chi connectivity index (χ2n) is 4.16. The number of aliphatic hydroxyl groups excluding tert-OH is 1. The molecule has 0 aromatic rings. The van der Waals surface area contributed by atoms with Crippen molar-refractivity contribution >= 4 is 0 Å². The van der Waals surface area contributed by atoms with E-state index in [9.17, 15) is 8.78 Å². The molecule has 2 fully saturated rings. The highest BCUT2D eigenvalue weighted by atomic mass is 19.3. The molecule has 1 heterocycles. The maximum absolute atomic E-state index is 12.6. The molecule has 1 aliphatic carbocycles. The molecule has 0 radical (unpaired) electrons. The molecule has 0 aromatic carbocycles. The predicted molar refractivity (Wildman–Crippen MR) is 40.1 cm³/mol. The van der Waals surface area contributed by atoms with Gasteiger partial charge in [0.25, 0.3) is 5.92 Å². The average Bonchev–Trinajstić information content (AvgIpc) is 2.66. The van der Waals surface area contributed by atoms with Crippen LogP contribution >= 0.6 is 0 Å². The van der Waals surface area contributed by atoms with Gasteiger partial charge in [-0.1, -0.05) is 0 Å². The quantitative estimate of drug-likeness (QED) is 0.686. The maximum Gasteiger partial charge on any atom is 0.283 e. The Labute approximate surface area is 70.2 Å². The van der Waals surface area contributed by atoms with Crippen molar-refractivity contribution in [1.29, 1.82) is 0 Å². The number of rotatable bonds is 3. The van der Waals surface area contributed by atoms with Gasteiger partial charge in [-0.2, -0.15) is 0 Å². The van der Waals surface area contributed by atoms with E-state index >= 15 is 0 Å². The molecular formula is C8H13F2NO. The largest absolute Gasteiger partial charge is 0.390 e. The minimum absolute atomic E-state index is 0.273. The number of nitrogens with zero attached hydrogens (tertiary/aromatic N) is 1. The minimum atomic E-state index is -2.91. The van der Waals surface area contributed by atoms with Crippen molar-refractivity contribution in [1.82, 2.24) is 4.90 Å². The zero-order valence-corrected chi connectivity index (χ0v) is 6.89. The zero-order valence-electron chi connectivity index (χ0n) is 6.89. The van der Waals surface area contributed by atoms with Crippen molar-refractivity contribution in [3.8, 4) is 0 Å². The topological polar surface area (TPSA) is 23.5 Å². The van der Waals surface area contributed by atoms with Crippen LogP contribution in [0.25, 0.3) is 0 Å². The van der Waals surface area contributed by atoms with Crippen LogP contribution in [0.1, 0.15) is 12.8 Å². The van der Waals surface area contributed by atoms with Gasteiger partial charge in [-0.15, -0.1) is 0 Å². The van der Waals surface area contributed by atoms with Gasteiger partial charge in [0.05, 0.1) is 6.54 Å². The molecule has 2 rings (SSSR count). The maximum atomic E-state index is 12.6. The molecule has 1 spiro atoms. The number of halogens is 2. The fraction of sp³-hybridized carbons (Fsp3) is 1.00. The van der Waals surface area contributed by atoms with E-state index in [2.05, 4.69) is 0 Å². The first-order valence-electron chi connectivity index (χ1n) is 4.26. The summed E-state index contributed by atoms with van der Waals surface area (Å²) in [6.45, 7) is 0.312. The molecule has 12 heavy (non-hydrogen) atoms. The highest BCUT2D eigenvalue weighted by Gasteiger charge is 2.53. The molecule has 0 aromatic heterocycles. The zero-order chi connectivity index (χ0) is 8.82. The number of hydrogen-bond acceptors (Lipinski definition) is 2. The molecule has 0 atom stereocenters. The van der Waals surface area contributed by atoms with Crippen molar-refractivity contribution in [2.75, 3.05) is 26.2 Å². The van der Waals surface area contributed by atoms with E-state index in [1.54, 1.807) is 4.90 Å². The molecule has 4 heteroatoms. The lowest BCUT2D eigenvalue weighted by molar-refractivity contribution is -0.0951. The highest BCUT2D eigenvalue weighted by molar-refractivity contribution is 5.05. The molecule has 1 aliphatic heterocycles.